The Hall–Kier alpha value is -3.53. The van der Waals surface area contributed by atoms with Crippen molar-refractivity contribution in [3.05, 3.63) is 80.4 Å². The maximum absolute atomic E-state index is 13.6. The van der Waals surface area contributed by atoms with Gasteiger partial charge < -0.3 is 24.8 Å². The highest BCUT2D eigenvalue weighted by atomic mass is 35.5. The molecule has 0 unspecified atom stereocenters. The van der Waals surface area contributed by atoms with Gasteiger partial charge in [0.25, 0.3) is 17.4 Å². The third-order valence-corrected chi connectivity index (χ3v) is 7.69. The number of benzene rings is 1. The second-order valence-corrected chi connectivity index (χ2v) is 11.6. The van der Waals surface area contributed by atoms with Crippen LogP contribution in [0.15, 0.2) is 47.4 Å². The topological polar surface area (TPSA) is 106 Å². The number of nitrogens with zero attached hydrogens (tertiary/aromatic N) is 3. The molecule has 216 valence electrons. The van der Waals surface area contributed by atoms with Crippen molar-refractivity contribution in [2.45, 2.75) is 57.2 Å². The molecule has 2 heterocycles. The summed E-state index contributed by atoms with van der Waals surface area (Å²) in [6, 6.07) is 10.7. The van der Waals surface area contributed by atoms with Crippen LogP contribution < -0.4 is 16.2 Å². The number of aromatic nitrogens is 2. The van der Waals surface area contributed by atoms with Gasteiger partial charge in [0, 0.05) is 68.7 Å². The summed E-state index contributed by atoms with van der Waals surface area (Å²) in [6.45, 7) is 3.11. The molecule has 2 saturated carbocycles. The Kier molecular flexibility index (Phi) is 8.58. The molecule has 9 nitrogen and oxygen atoms in total. The highest BCUT2D eigenvalue weighted by molar-refractivity contribution is 6.31. The molecule has 0 bridgehead atoms. The molecule has 5 rings (SSSR count). The van der Waals surface area contributed by atoms with Crippen molar-refractivity contribution in [2.75, 3.05) is 33.1 Å². The molecular weight excluding hydrogens is 542 g/mol. The molecule has 1 aromatic carbocycles. The van der Waals surface area contributed by atoms with Gasteiger partial charge in [0.15, 0.2) is 0 Å². The van der Waals surface area contributed by atoms with E-state index in [1.165, 1.54) is 4.90 Å². The van der Waals surface area contributed by atoms with Gasteiger partial charge in [-0.2, -0.15) is 0 Å². The lowest BCUT2D eigenvalue weighted by molar-refractivity contribution is 0.0828. The van der Waals surface area contributed by atoms with Crippen LogP contribution in [0.2, 0.25) is 5.02 Å². The zero-order valence-electron chi connectivity index (χ0n) is 23.9. The maximum atomic E-state index is 13.6. The first-order chi connectivity index (χ1) is 19.6. The number of nitrogens with one attached hydrogen (secondary N) is 2. The largest absolute Gasteiger partial charge is 0.380 e. The summed E-state index contributed by atoms with van der Waals surface area (Å²) in [6.07, 6.45) is 5.74. The number of halogens is 1. The number of anilines is 1. The number of rotatable bonds is 11. The Bertz CT molecular complexity index is 1530. The molecule has 41 heavy (non-hydrogen) atoms. The van der Waals surface area contributed by atoms with Crippen LogP contribution >= 0.6 is 11.6 Å². The third kappa shape index (κ3) is 6.86. The number of pyridine rings is 2. The molecule has 2 aliphatic rings. The van der Waals surface area contributed by atoms with Gasteiger partial charge in [0.05, 0.1) is 6.10 Å². The number of amides is 2. The quantitative estimate of drug-likeness (QED) is 0.337. The first-order valence-corrected chi connectivity index (χ1v) is 14.4. The Balaban J connectivity index is 1.48. The van der Waals surface area contributed by atoms with Gasteiger partial charge in [-0.3, -0.25) is 14.4 Å². The number of methoxy groups -OCH3 is 1. The van der Waals surface area contributed by atoms with E-state index in [0.29, 0.717) is 41.0 Å². The molecule has 0 aliphatic heterocycles. The predicted molar refractivity (Wildman–Crippen MR) is 160 cm³/mol. The van der Waals surface area contributed by atoms with Gasteiger partial charge in [0.1, 0.15) is 11.4 Å². The second-order valence-electron chi connectivity index (χ2n) is 11.2. The zero-order chi connectivity index (χ0) is 29.3. The fraction of sp³-hybridized carbons (Fsp3) is 0.419. The summed E-state index contributed by atoms with van der Waals surface area (Å²) in [4.78, 5) is 46.1. The van der Waals surface area contributed by atoms with Crippen molar-refractivity contribution in [3.8, 4) is 11.1 Å². The summed E-state index contributed by atoms with van der Waals surface area (Å²) in [5.41, 5.74) is 3.36. The van der Waals surface area contributed by atoms with E-state index in [2.05, 4.69) is 10.6 Å². The first-order valence-electron chi connectivity index (χ1n) is 14.0. The van der Waals surface area contributed by atoms with Gasteiger partial charge in [0.2, 0.25) is 0 Å². The molecule has 0 spiro atoms. The molecule has 0 saturated heterocycles. The highest BCUT2D eigenvalue weighted by Gasteiger charge is 2.29. The highest BCUT2D eigenvalue weighted by Crippen LogP contribution is 2.41. The number of carbonyl (C=O) groups is 2. The minimum atomic E-state index is -0.511. The van der Waals surface area contributed by atoms with E-state index in [1.54, 1.807) is 50.0 Å². The summed E-state index contributed by atoms with van der Waals surface area (Å²) in [5, 5.41) is 6.68. The Morgan fingerprint density at radius 1 is 1.12 bits per heavy atom. The number of carbonyl (C=O) groups excluding carboxylic acids is 2. The SMILES string of the molecule is CO[C@@H](C)CNCc1cc(C(=O)Nc2cc(-c3ccc(Cl)cc3C(=O)N(C)C)cc(C3CC3)n2)c(=O)n(C2CC2)c1. The van der Waals surface area contributed by atoms with Gasteiger partial charge in [-0.05, 0) is 79.6 Å². The second kappa shape index (κ2) is 12.1. The Labute approximate surface area is 244 Å². The molecule has 2 N–H and O–H groups in total. The number of ether oxygens (including phenoxy) is 1. The zero-order valence-corrected chi connectivity index (χ0v) is 24.6. The molecule has 0 radical (unpaired) electrons. The monoisotopic (exact) mass is 577 g/mol. The minimum Gasteiger partial charge on any atom is -0.380 e. The lowest BCUT2D eigenvalue weighted by atomic mass is 9.98. The average molecular weight is 578 g/mol. The van der Waals surface area contributed by atoms with E-state index in [9.17, 15) is 14.4 Å². The van der Waals surface area contributed by atoms with Crippen LogP contribution in [0.5, 0.6) is 0 Å². The fourth-order valence-corrected chi connectivity index (χ4v) is 4.95. The summed E-state index contributed by atoms with van der Waals surface area (Å²) in [7, 11) is 5.04. The van der Waals surface area contributed by atoms with Crippen molar-refractivity contribution in [2.24, 2.45) is 0 Å². The van der Waals surface area contributed by atoms with Crippen molar-refractivity contribution >= 4 is 29.2 Å². The molecular formula is C31H36ClN5O4. The smallest absolute Gasteiger partial charge is 0.263 e. The molecule has 2 aliphatic carbocycles. The van der Waals surface area contributed by atoms with Crippen LogP contribution in [-0.4, -0.2) is 60.1 Å². The van der Waals surface area contributed by atoms with Gasteiger partial charge in [-0.25, -0.2) is 4.98 Å². The number of hydrogen-bond donors (Lipinski definition) is 2. The van der Waals surface area contributed by atoms with Crippen LogP contribution in [0.3, 0.4) is 0 Å². The Morgan fingerprint density at radius 3 is 2.54 bits per heavy atom. The fourth-order valence-electron chi connectivity index (χ4n) is 4.78. The lowest BCUT2D eigenvalue weighted by Gasteiger charge is -2.16. The molecule has 10 heteroatoms. The molecule has 1 atom stereocenters. The normalized spacial score (nSPS) is 15.4. The van der Waals surface area contributed by atoms with Crippen molar-refractivity contribution < 1.29 is 14.3 Å². The maximum Gasteiger partial charge on any atom is 0.263 e. The van der Waals surface area contributed by atoms with E-state index >= 15 is 0 Å². The van der Waals surface area contributed by atoms with Crippen LogP contribution in [0, 0.1) is 0 Å². The van der Waals surface area contributed by atoms with Gasteiger partial charge in [-0.1, -0.05) is 17.7 Å². The van der Waals surface area contributed by atoms with E-state index in [0.717, 1.165) is 42.5 Å². The van der Waals surface area contributed by atoms with E-state index in [4.69, 9.17) is 21.3 Å². The van der Waals surface area contributed by atoms with Crippen LogP contribution in [0.25, 0.3) is 11.1 Å². The van der Waals surface area contributed by atoms with Crippen molar-refractivity contribution in [1.29, 1.82) is 0 Å². The van der Waals surface area contributed by atoms with Crippen molar-refractivity contribution in [1.82, 2.24) is 19.8 Å². The summed E-state index contributed by atoms with van der Waals surface area (Å²) in [5.74, 6) is -0.0586. The van der Waals surface area contributed by atoms with Crippen LogP contribution in [-0.2, 0) is 11.3 Å². The van der Waals surface area contributed by atoms with E-state index < -0.39 is 5.91 Å². The standard InChI is InChI=1S/C31H36ClN5O4/c1-18(41-4)15-33-16-19-11-26(31(40)37(17-19)23-8-9-23)29(38)35-28-13-21(12-27(34-28)20-5-6-20)24-10-7-22(32)14-25(24)30(39)36(2)3/h7,10-14,17-18,20,23,33H,5-6,8-9,15-16H2,1-4H3,(H,34,35,38)/t18-/m0/s1. The first kappa shape index (κ1) is 29.0. The van der Waals surface area contributed by atoms with Crippen LogP contribution in [0.4, 0.5) is 5.82 Å². The summed E-state index contributed by atoms with van der Waals surface area (Å²) >= 11 is 6.25. The lowest BCUT2D eigenvalue weighted by Crippen LogP contribution is -2.31. The van der Waals surface area contributed by atoms with Crippen LogP contribution in [0.1, 0.15) is 76.5 Å². The Morgan fingerprint density at radius 2 is 1.88 bits per heavy atom. The third-order valence-electron chi connectivity index (χ3n) is 7.46. The average Bonchev–Trinajstić information content (AvgIpc) is 3.86. The summed E-state index contributed by atoms with van der Waals surface area (Å²) < 4.78 is 6.98. The van der Waals surface area contributed by atoms with Gasteiger partial charge in [-0.15, -0.1) is 0 Å². The van der Waals surface area contributed by atoms with Gasteiger partial charge >= 0.3 is 0 Å². The molecule has 2 amide bonds. The molecule has 3 aromatic rings. The molecule has 2 aromatic heterocycles. The number of hydrogen-bond acceptors (Lipinski definition) is 6. The van der Waals surface area contributed by atoms with E-state index in [-0.39, 0.29) is 29.2 Å². The van der Waals surface area contributed by atoms with Crippen molar-refractivity contribution in [3.63, 3.8) is 0 Å². The molecule has 2 fully saturated rings. The predicted octanol–water partition coefficient (Wildman–Crippen LogP) is 4.85. The van der Waals surface area contributed by atoms with E-state index in [1.807, 2.05) is 25.3 Å². The minimum absolute atomic E-state index is 0.0419.